The Morgan fingerprint density at radius 1 is 1.77 bits per heavy atom. The average Bonchev–Trinajstić information content (AvgIpc) is 2.53. The summed E-state index contributed by atoms with van der Waals surface area (Å²) in [6, 6.07) is 0.299. The number of aromatic nitrogens is 2. The van der Waals surface area contributed by atoms with Gasteiger partial charge in [-0.1, -0.05) is 0 Å². The maximum Gasteiger partial charge on any atom is 0.254 e. The number of amides is 1. The lowest BCUT2D eigenvalue weighted by Crippen LogP contribution is -2.57. The van der Waals surface area contributed by atoms with E-state index in [1.807, 2.05) is 7.05 Å². The quantitative estimate of drug-likeness (QED) is 0.642. The lowest BCUT2D eigenvalue weighted by Gasteiger charge is -2.36. The third-order valence-corrected chi connectivity index (χ3v) is 2.16. The Kier molecular flexibility index (Phi) is 2.02. The van der Waals surface area contributed by atoms with Gasteiger partial charge in [-0.2, -0.15) is 5.10 Å². The number of likely N-dealkylation sites (tertiary alicyclic amines) is 1. The molecule has 1 saturated heterocycles. The summed E-state index contributed by atoms with van der Waals surface area (Å²) < 4.78 is 0. The highest BCUT2D eigenvalue weighted by atomic mass is 16.1. The number of nitrogens with one attached hydrogen (secondary N) is 2. The van der Waals surface area contributed by atoms with Crippen LogP contribution in [0.1, 0.15) is 10.4 Å². The third-order valence-electron chi connectivity index (χ3n) is 2.16. The first-order chi connectivity index (χ1) is 6.25. The highest BCUT2D eigenvalue weighted by Crippen LogP contribution is 2.04. The predicted molar refractivity (Wildman–Crippen MR) is 47.3 cm³/mol. The molecule has 1 aromatic heterocycles. The topological polar surface area (TPSA) is 61.0 Å². The molecule has 13 heavy (non-hydrogen) atoms. The fourth-order valence-corrected chi connectivity index (χ4v) is 1.43. The molecule has 0 saturated carbocycles. The Balaban J connectivity index is 1.86. The molecule has 1 amide bonds. The van der Waals surface area contributed by atoms with Crippen LogP contribution in [-0.2, 0) is 0 Å². The van der Waals surface area contributed by atoms with E-state index in [0.29, 0.717) is 11.6 Å². The van der Waals surface area contributed by atoms with E-state index in [1.165, 1.54) is 6.20 Å². The number of aromatic amines is 1. The van der Waals surface area contributed by atoms with Crippen LogP contribution in [-0.4, -0.2) is 47.2 Å². The third kappa shape index (κ3) is 1.70. The Morgan fingerprint density at radius 3 is 3.08 bits per heavy atom. The zero-order valence-electron chi connectivity index (χ0n) is 7.45. The van der Waals surface area contributed by atoms with E-state index in [0.717, 1.165) is 13.1 Å². The lowest BCUT2D eigenvalue weighted by atomic mass is 10.1. The van der Waals surface area contributed by atoms with Crippen molar-refractivity contribution < 1.29 is 4.79 Å². The van der Waals surface area contributed by atoms with Crippen molar-refractivity contribution in [3.63, 3.8) is 0 Å². The fraction of sp³-hybridized carbons (Fsp3) is 0.500. The van der Waals surface area contributed by atoms with Crippen LogP contribution in [0, 0.1) is 0 Å². The maximum atomic E-state index is 11.4. The number of likely N-dealkylation sites (N-methyl/N-ethyl adjacent to an activating group) is 1. The van der Waals surface area contributed by atoms with E-state index in [9.17, 15) is 4.79 Å². The summed E-state index contributed by atoms with van der Waals surface area (Å²) in [5.74, 6) is -0.0492. The van der Waals surface area contributed by atoms with E-state index in [4.69, 9.17) is 0 Å². The molecule has 1 aliphatic heterocycles. The van der Waals surface area contributed by atoms with Gasteiger partial charge in [0.25, 0.3) is 5.91 Å². The zero-order chi connectivity index (χ0) is 9.26. The van der Waals surface area contributed by atoms with E-state index < -0.39 is 0 Å². The highest BCUT2D eigenvalue weighted by Gasteiger charge is 2.24. The molecule has 0 bridgehead atoms. The van der Waals surface area contributed by atoms with Crippen LogP contribution in [0.3, 0.4) is 0 Å². The molecule has 2 rings (SSSR count). The molecule has 0 aromatic carbocycles. The molecule has 70 valence electrons. The van der Waals surface area contributed by atoms with Crippen molar-refractivity contribution in [3.8, 4) is 0 Å². The number of hydrogen-bond acceptors (Lipinski definition) is 3. The van der Waals surface area contributed by atoms with Crippen LogP contribution < -0.4 is 5.32 Å². The fourth-order valence-electron chi connectivity index (χ4n) is 1.43. The molecule has 0 unspecified atom stereocenters. The van der Waals surface area contributed by atoms with Gasteiger partial charge in [-0.3, -0.25) is 9.89 Å². The summed E-state index contributed by atoms with van der Waals surface area (Å²) in [5.41, 5.74) is 0.592. The average molecular weight is 180 g/mol. The van der Waals surface area contributed by atoms with E-state index in [-0.39, 0.29) is 5.91 Å². The summed E-state index contributed by atoms with van der Waals surface area (Å²) in [6.07, 6.45) is 3.12. The number of hydrogen-bond donors (Lipinski definition) is 2. The van der Waals surface area contributed by atoms with Crippen LogP contribution in [0.5, 0.6) is 0 Å². The second-order valence-corrected chi connectivity index (χ2v) is 3.38. The second kappa shape index (κ2) is 3.18. The van der Waals surface area contributed by atoms with Gasteiger partial charge in [0.1, 0.15) is 0 Å². The number of carbonyl (C=O) groups is 1. The first kappa shape index (κ1) is 8.25. The molecule has 1 fully saturated rings. The molecule has 0 spiro atoms. The summed E-state index contributed by atoms with van der Waals surface area (Å²) in [7, 11) is 2.03. The molecule has 0 atom stereocenters. The van der Waals surface area contributed by atoms with Crippen molar-refractivity contribution in [2.24, 2.45) is 0 Å². The Hall–Kier alpha value is -1.36. The Labute approximate surface area is 76.1 Å². The van der Waals surface area contributed by atoms with Gasteiger partial charge in [0.05, 0.1) is 17.8 Å². The van der Waals surface area contributed by atoms with Crippen LogP contribution in [0.2, 0.25) is 0 Å². The van der Waals surface area contributed by atoms with Crippen LogP contribution >= 0.6 is 0 Å². The number of H-pyrrole nitrogens is 1. The lowest BCUT2D eigenvalue weighted by molar-refractivity contribution is 0.0858. The van der Waals surface area contributed by atoms with E-state index in [1.54, 1.807) is 6.20 Å². The van der Waals surface area contributed by atoms with Crippen molar-refractivity contribution in [1.29, 1.82) is 0 Å². The highest BCUT2D eigenvalue weighted by molar-refractivity contribution is 5.93. The van der Waals surface area contributed by atoms with Gasteiger partial charge in [-0.05, 0) is 7.05 Å². The van der Waals surface area contributed by atoms with Crippen molar-refractivity contribution in [3.05, 3.63) is 18.0 Å². The standard InChI is InChI=1S/C8H12N4O/c1-12-4-7(5-12)11-8(13)6-2-9-10-3-6/h2-3,7H,4-5H2,1H3,(H,9,10)(H,11,13). The van der Waals surface area contributed by atoms with Crippen molar-refractivity contribution in [1.82, 2.24) is 20.4 Å². The Morgan fingerprint density at radius 2 is 2.54 bits per heavy atom. The SMILES string of the molecule is CN1CC(NC(=O)c2cn[nH]c2)C1. The van der Waals surface area contributed by atoms with Gasteiger partial charge in [-0.15, -0.1) is 0 Å². The normalized spacial score (nSPS) is 18.2. The second-order valence-electron chi connectivity index (χ2n) is 3.38. The zero-order valence-corrected chi connectivity index (χ0v) is 7.45. The largest absolute Gasteiger partial charge is 0.347 e. The van der Waals surface area contributed by atoms with Crippen LogP contribution in [0.15, 0.2) is 12.4 Å². The van der Waals surface area contributed by atoms with E-state index in [2.05, 4.69) is 20.4 Å². The molecular formula is C8H12N4O. The maximum absolute atomic E-state index is 11.4. The smallest absolute Gasteiger partial charge is 0.254 e. The van der Waals surface area contributed by atoms with Gasteiger partial charge in [-0.25, -0.2) is 0 Å². The van der Waals surface area contributed by atoms with Crippen molar-refractivity contribution >= 4 is 5.91 Å². The van der Waals surface area contributed by atoms with Gasteiger partial charge in [0.2, 0.25) is 0 Å². The first-order valence-electron chi connectivity index (χ1n) is 4.24. The monoisotopic (exact) mass is 180 g/mol. The van der Waals surface area contributed by atoms with Gasteiger partial charge >= 0.3 is 0 Å². The van der Waals surface area contributed by atoms with Gasteiger partial charge < -0.3 is 10.2 Å². The van der Waals surface area contributed by atoms with Gasteiger partial charge in [0.15, 0.2) is 0 Å². The van der Waals surface area contributed by atoms with E-state index >= 15 is 0 Å². The molecule has 2 N–H and O–H groups in total. The number of carbonyl (C=O) groups excluding carboxylic acids is 1. The number of nitrogens with zero attached hydrogens (tertiary/aromatic N) is 2. The summed E-state index contributed by atoms with van der Waals surface area (Å²) in [5, 5.41) is 9.23. The summed E-state index contributed by atoms with van der Waals surface area (Å²) in [6.45, 7) is 1.87. The Bertz CT molecular complexity index is 289. The number of rotatable bonds is 2. The molecular weight excluding hydrogens is 168 g/mol. The van der Waals surface area contributed by atoms with Crippen molar-refractivity contribution in [2.75, 3.05) is 20.1 Å². The molecule has 0 radical (unpaired) electrons. The molecule has 5 heteroatoms. The summed E-state index contributed by atoms with van der Waals surface area (Å²) >= 11 is 0. The predicted octanol–water partition coefficient (Wildman–Crippen LogP) is -0.547. The summed E-state index contributed by atoms with van der Waals surface area (Å²) in [4.78, 5) is 13.6. The molecule has 1 aliphatic rings. The minimum atomic E-state index is -0.0492. The molecule has 1 aromatic rings. The molecule has 5 nitrogen and oxygen atoms in total. The van der Waals surface area contributed by atoms with Crippen LogP contribution in [0.25, 0.3) is 0 Å². The first-order valence-corrected chi connectivity index (χ1v) is 4.24. The molecule has 2 heterocycles. The minimum absolute atomic E-state index is 0.0492. The van der Waals surface area contributed by atoms with Crippen LogP contribution in [0.4, 0.5) is 0 Å². The minimum Gasteiger partial charge on any atom is -0.347 e. The molecule has 0 aliphatic carbocycles. The van der Waals surface area contributed by atoms with Crippen molar-refractivity contribution in [2.45, 2.75) is 6.04 Å². The van der Waals surface area contributed by atoms with Gasteiger partial charge in [0, 0.05) is 19.3 Å².